The summed E-state index contributed by atoms with van der Waals surface area (Å²) in [6.45, 7) is 20.4. The van der Waals surface area contributed by atoms with Crippen molar-refractivity contribution in [3.63, 3.8) is 0 Å². The minimum Gasteiger partial charge on any atom is -0.393 e. The topological polar surface area (TPSA) is 20.2 Å². The summed E-state index contributed by atoms with van der Waals surface area (Å²) in [5.74, 6) is 2.63. The molecule has 0 spiro atoms. The summed E-state index contributed by atoms with van der Waals surface area (Å²) < 4.78 is 0. The van der Waals surface area contributed by atoms with Crippen molar-refractivity contribution in [1.82, 2.24) is 0 Å². The monoisotopic (exact) mass is 426 g/mol. The van der Waals surface area contributed by atoms with Gasteiger partial charge < -0.3 is 5.11 Å². The third kappa shape index (κ3) is 2.71. The first-order valence-electron chi connectivity index (χ1n) is 13.6. The van der Waals surface area contributed by atoms with E-state index in [1.807, 2.05) is 0 Å². The molecule has 0 unspecified atom stereocenters. The highest BCUT2D eigenvalue weighted by molar-refractivity contribution is 5.28. The fourth-order valence-corrected chi connectivity index (χ4v) is 10.9. The molecule has 1 nitrogen and oxygen atoms in total. The number of hydrogen-bond donors (Lipinski definition) is 1. The van der Waals surface area contributed by atoms with E-state index in [9.17, 15) is 5.11 Å². The SMILES string of the molecule is C[C@H]1CCC[C@@H]2[C@]1(C)C[C@@H](O)[C@H]1[C@@]2(C)CC[C@@]2(C)[C@@H]3CC(C)(C)CC[C@]3(C)C=C[C@]12C. The molecular weight excluding hydrogens is 376 g/mol. The van der Waals surface area contributed by atoms with Gasteiger partial charge in [-0.2, -0.15) is 0 Å². The highest BCUT2D eigenvalue weighted by atomic mass is 16.3. The summed E-state index contributed by atoms with van der Waals surface area (Å²) in [7, 11) is 0. The van der Waals surface area contributed by atoms with Crippen LogP contribution in [0.3, 0.4) is 0 Å². The van der Waals surface area contributed by atoms with Crippen molar-refractivity contribution in [1.29, 1.82) is 0 Å². The third-order valence-electron chi connectivity index (χ3n) is 13.1. The molecule has 5 aliphatic carbocycles. The van der Waals surface area contributed by atoms with Crippen LogP contribution in [0.5, 0.6) is 0 Å². The van der Waals surface area contributed by atoms with Crippen LogP contribution >= 0.6 is 0 Å². The zero-order valence-corrected chi connectivity index (χ0v) is 21.9. The molecule has 4 fully saturated rings. The zero-order chi connectivity index (χ0) is 22.7. The summed E-state index contributed by atoms with van der Waals surface area (Å²) in [6.07, 6.45) is 16.9. The average molecular weight is 427 g/mol. The van der Waals surface area contributed by atoms with Crippen LogP contribution in [-0.4, -0.2) is 11.2 Å². The Labute approximate surface area is 192 Å². The van der Waals surface area contributed by atoms with E-state index in [0.717, 1.165) is 24.2 Å². The van der Waals surface area contributed by atoms with Crippen LogP contribution in [0, 0.1) is 56.2 Å². The Morgan fingerprint density at radius 2 is 1.45 bits per heavy atom. The first-order chi connectivity index (χ1) is 14.2. The Bertz CT molecular complexity index is 781. The van der Waals surface area contributed by atoms with Gasteiger partial charge in [0.25, 0.3) is 0 Å². The van der Waals surface area contributed by atoms with Crippen LogP contribution in [0.2, 0.25) is 0 Å². The second kappa shape index (κ2) is 6.43. The molecular formula is C30H50O. The largest absolute Gasteiger partial charge is 0.393 e. The van der Waals surface area contributed by atoms with Crippen molar-refractivity contribution < 1.29 is 5.11 Å². The van der Waals surface area contributed by atoms with Crippen LogP contribution in [-0.2, 0) is 0 Å². The van der Waals surface area contributed by atoms with Gasteiger partial charge in [0.15, 0.2) is 0 Å². The third-order valence-corrected chi connectivity index (χ3v) is 13.1. The van der Waals surface area contributed by atoms with Crippen molar-refractivity contribution in [3.05, 3.63) is 12.2 Å². The maximum absolute atomic E-state index is 11.9. The lowest BCUT2D eigenvalue weighted by atomic mass is 9.31. The fraction of sp³-hybridized carbons (Fsp3) is 0.933. The van der Waals surface area contributed by atoms with Crippen LogP contribution in [0.15, 0.2) is 12.2 Å². The molecule has 0 aromatic rings. The second-order valence-corrected chi connectivity index (χ2v) is 15.1. The number of aliphatic hydroxyl groups is 1. The van der Waals surface area contributed by atoms with Gasteiger partial charge in [-0.1, -0.05) is 80.4 Å². The molecule has 5 rings (SSSR count). The lowest BCUT2D eigenvalue weighted by Gasteiger charge is -2.74. The maximum Gasteiger partial charge on any atom is 0.0587 e. The molecule has 10 atom stereocenters. The molecule has 5 aliphatic rings. The van der Waals surface area contributed by atoms with E-state index in [4.69, 9.17) is 0 Å². The van der Waals surface area contributed by atoms with Crippen LogP contribution < -0.4 is 0 Å². The number of hydrogen-bond acceptors (Lipinski definition) is 1. The molecule has 0 aliphatic heterocycles. The molecule has 1 N–H and O–H groups in total. The van der Waals surface area contributed by atoms with Gasteiger partial charge in [-0.15, -0.1) is 0 Å². The average Bonchev–Trinajstić information content (AvgIpc) is 2.67. The molecule has 0 aromatic carbocycles. The number of fused-ring (bicyclic) bond motifs is 7. The zero-order valence-electron chi connectivity index (χ0n) is 21.9. The van der Waals surface area contributed by atoms with Gasteiger partial charge in [0.1, 0.15) is 0 Å². The Balaban J connectivity index is 1.62. The second-order valence-electron chi connectivity index (χ2n) is 15.1. The van der Waals surface area contributed by atoms with E-state index in [1.54, 1.807) is 0 Å². The van der Waals surface area contributed by atoms with E-state index in [1.165, 1.54) is 51.4 Å². The molecule has 0 amide bonds. The summed E-state index contributed by atoms with van der Waals surface area (Å²) in [4.78, 5) is 0. The molecule has 0 radical (unpaired) electrons. The summed E-state index contributed by atoms with van der Waals surface area (Å²) in [5.41, 5.74) is 1.74. The summed E-state index contributed by atoms with van der Waals surface area (Å²) >= 11 is 0. The fourth-order valence-electron chi connectivity index (χ4n) is 10.9. The molecule has 0 bridgehead atoms. The van der Waals surface area contributed by atoms with Crippen molar-refractivity contribution >= 4 is 0 Å². The predicted molar refractivity (Wildman–Crippen MR) is 131 cm³/mol. The molecule has 4 saturated carbocycles. The van der Waals surface area contributed by atoms with Gasteiger partial charge in [0, 0.05) is 0 Å². The van der Waals surface area contributed by atoms with E-state index in [-0.39, 0.29) is 22.3 Å². The van der Waals surface area contributed by atoms with Gasteiger partial charge in [-0.05, 0) is 101 Å². The Hall–Kier alpha value is -0.300. The van der Waals surface area contributed by atoms with Crippen molar-refractivity contribution in [3.8, 4) is 0 Å². The highest BCUT2D eigenvalue weighted by Gasteiger charge is 2.71. The first-order valence-corrected chi connectivity index (χ1v) is 13.6. The first kappa shape index (κ1) is 22.5. The molecule has 0 heterocycles. The number of rotatable bonds is 0. The van der Waals surface area contributed by atoms with Crippen molar-refractivity contribution in [2.45, 2.75) is 119 Å². The van der Waals surface area contributed by atoms with Crippen LogP contribution in [0.25, 0.3) is 0 Å². The van der Waals surface area contributed by atoms with Gasteiger partial charge in [0.2, 0.25) is 0 Å². The molecule has 31 heavy (non-hydrogen) atoms. The standard InChI is InChI=1S/C30H50O/c1-20-10-9-11-22-27(5)15-17-29(7)23-19-25(2,3)12-13-26(23,4)14-16-30(29,8)24(27)21(31)18-28(20,22)6/h14,16,20-24,31H,9-13,15,17-19H2,1-8H3/t20-,21+,22-,23+,24-,26+,27-,28+,29-,30+/m0/s1. The summed E-state index contributed by atoms with van der Waals surface area (Å²) in [5, 5.41) is 11.9. The van der Waals surface area contributed by atoms with Gasteiger partial charge in [-0.25, -0.2) is 0 Å². The molecule has 176 valence electrons. The van der Waals surface area contributed by atoms with E-state index >= 15 is 0 Å². The highest BCUT2D eigenvalue weighted by Crippen LogP contribution is 2.76. The van der Waals surface area contributed by atoms with Crippen LogP contribution in [0.1, 0.15) is 113 Å². The van der Waals surface area contributed by atoms with Crippen molar-refractivity contribution in [2.24, 2.45) is 56.2 Å². The van der Waals surface area contributed by atoms with Gasteiger partial charge in [-0.3, -0.25) is 0 Å². The lowest BCUT2D eigenvalue weighted by Crippen LogP contribution is -2.69. The molecule has 1 heteroatoms. The maximum atomic E-state index is 11.9. The van der Waals surface area contributed by atoms with Gasteiger partial charge >= 0.3 is 0 Å². The Kier molecular flexibility index (Phi) is 4.66. The summed E-state index contributed by atoms with van der Waals surface area (Å²) in [6, 6.07) is 0. The minimum atomic E-state index is -0.165. The normalized spacial score (nSPS) is 60.4. The van der Waals surface area contributed by atoms with Crippen LogP contribution in [0.4, 0.5) is 0 Å². The lowest BCUT2D eigenvalue weighted by molar-refractivity contribution is -0.253. The quantitative estimate of drug-likeness (QED) is 0.389. The number of allylic oxidation sites excluding steroid dienone is 2. The van der Waals surface area contributed by atoms with E-state index < -0.39 is 0 Å². The van der Waals surface area contributed by atoms with E-state index in [0.29, 0.717) is 22.2 Å². The molecule has 0 aromatic heterocycles. The Morgan fingerprint density at radius 3 is 2.16 bits per heavy atom. The van der Waals surface area contributed by atoms with E-state index in [2.05, 4.69) is 67.5 Å². The Morgan fingerprint density at radius 1 is 0.742 bits per heavy atom. The number of aliphatic hydroxyl groups excluding tert-OH is 1. The minimum absolute atomic E-state index is 0.0963. The van der Waals surface area contributed by atoms with Crippen molar-refractivity contribution in [2.75, 3.05) is 0 Å². The smallest absolute Gasteiger partial charge is 0.0587 e. The molecule has 0 saturated heterocycles. The van der Waals surface area contributed by atoms with Gasteiger partial charge in [0.05, 0.1) is 6.10 Å². The predicted octanol–water partition coefficient (Wildman–Crippen LogP) is 8.02.